The Kier molecular flexibility index (Phi) is 3.28. The van der Waals surface area contributed by atoms with Crippen molar-refractivity contribution in [3.05, 3.63) is 58.1 Å². The molecule has 0 unspecified atom stereocenters. The third-order valence-corrected chi connectivity index (χ3v) is 2.45. The maximum Gasteiger partial charge on any atom is 0.292 e. The molecule has 2 aromatic carbocycles. The van der Waals surface area contributed by atoms with Crippen molar-refractivity contribution in [2.75, 3.05) is 11.1 Å². The molecule has 0 aromatic heterocycles. The quantitative estimate of drug-likeness (QED) is 0.507. The van der Waals surface area contributed by atoms with Crippen LogP contribution in [0.1, 0.15) is 0 Å². The van der Waals surface area contributed by atoms with Crippen molar-refractivity contribution in [3.63, 3.8) is 0 Å². The van der Waals surface area contributed by atoms with E-state index in [-0.39, 0.29) is 17.1 Å². The van der Waals surface area contributed by atoms with Crippen LogP contribution in [0.5, 0.6) is 0 Å². The van der Waals surface area contributed by atoms with E-state index in [1.165, 1.54) is 30.3 Å². The van der Waals surface area contributed by atoms with Gasteiger partial charge in [0.2, 0.25) is 0 Å². The summed E-state index contributed by atoms with van der Waals surface area (Å²) in [5.41, 5.74) is 5.44. The highest BCUT2D eigenvalue weighted by molar-refractivity contribution is 5.70. The third kappa shape index (κ3) is 2.59. The molecule has 0 saturated carbocycles. The lowest BCUT2D eigenvalue weighted by Crippen LogP contribution is -1.99. The fraction of sp³-hybridized carbons (Fsp3) is 0. The van der Waals surface area contributed by atoms with Gasteiger partial charge in [-0.3, -0.25) is 10.1 Å². The Balaban J connectivity index is 2.32. The largest absolute Gasteiger partial charge is 0.393 e. The highest BCUT2D eigenvalue weighted by Crippen LogP contribution is 2.28. The molecular formula is C12H9F2N3O2. The zero-order valence-electron chi connectivity index (χ0n) is 9.56. The molecule has 5 nitrogen and oxygen atoms in total. The van der Waals surface area contributed by atoms with Crippen molar-refractivity contribution in [2.24, 2.45) is 0 Å². The van der Waals surface area contributed by atoms with Gasteiger partial charge in [0.15, 0.2) is 11.6 Å². The number of halogens is 2. The molecular weight excluding hydrogens is 256 g/mol. The number of nitrogens with two attached hydrogens (primary N) is 1. The van der Waals surface area contributed by atoms with E-state index in [2.05, 4.69) is 5.32 Å². The van der Waals surface area contributed by atoms with Crippen LogP contribution >= 0.6 is 0 Å². The van der Waals surface area contributed by atoms with E-state index in [0.29, 0.717) is 5.69 Å². The number of nitrogen functional groups attached to an aromatic ring is 1. The van der Waals surface area contributed by atoms with Gasteiger partial charge in [0.1, 0.15) is 5.69 Å². The number of nitro groups is 1. The Morgan fingerprint density at radius 2 is 1.95 bits per heavy atom. The lowest BCUT2D eigenvalue weighted by Gasteiger charge is -2.08. The number of benzene rings is 2. The van der Waals surface area contributed by atoms with Crippen molar-refractivity contribution < 1.29 is 13.7 Å². The van der Waals surface area contributed by atoms with Crippen molar-refractivity contribution in [2.45, 2.75) is 0 Å². The molecule has 98 valence electrons. The Hall–Kier alpha value is -2.70. The molecule has 0 aliphatic rings. The summed E-state index contributed by atoms with van der Waals surface area (Å²) in [7, 11) is 0. The van der Waals surface area contributed by atoms with Crippen LogP contribution in [0.15, 0.2) is 36.4 Å². The first-order valence-electron chi connectivity index (χ1n) is 5.24. The second-order valence-corrected chi connectivity index (χ2v) is 3.76. The van der Waals surface area contributed by atoms with E-state index in [1.807, 2.05) is 0 Å². The number of hydrogen-bond donors (Lipinski definition) is 2. The van der Waals surface area contributed by atoms with E-state index in [9.17, 15) is 18.9 Å². The molecule has 0 radical (unpaired) electrons. The van der Waals surface area contributed by atoms with Crippen molar-refractivity contribution in [3.8, 4) is 0 Å². The molecule has 0 bridgehead atoms. The van der Waals surface area contributed by atoms with Crippen LogP contribution in [-0.4, -0.2) is 4.92 Å². The number of hydrogen-bond acceptors (Lipinski definition) is 4. The van der Waals surface area contributed by atoms with Crippen molar-refractivity contribution in [1.82, 2.24) is 0 Å². The standard InChI is InChI=1S/C12H9F2N3O2/c13-8-2-1-3-10(12(8)14)16-7-4-5-11(17(18)19)9(15)6-7/h1-6,16H,15H2. The normalized spacial score (nSPS) is 10.2. The van der Waals surface area contributed by atoms with Crippen molar-refractivity contribution in [1.29, 1.82) is 0 Å². The minimum absolute atomic E-state index is 0.0631. The van der Waals surface area contributed by atoms with Crippen LogP contribution in [0.3, 0.4) is 0 Å². The van der Waals surface area contributed by atoms with Gasteiger partial charge in [-0.05, 0) is 24.3 Å². The van der Waals surface area contributed by atoms with Gasteiger partial charge in [0.25, 0.3) is 5.69 Å². The Labute approximate surface area is 106 Å². The van der Waals surface area contributed by atoms with Gasteiger partial charge in [0, 0.05) is 11.8 Å². The molecule has 2 aromatic rings. The van der Waals surface area contributed by atoms with Crippen LogP contribution in [0.2, 0.25) is 0 Å². The van der Waals surface area contributed by atoms with Gasteiger partial charge < -0.3 is 11.1 Å². The monoisotopic (exact) mass is 265 g/mol. The molecule has 0 saturated heterocycles. The molecule has 19 heavy (non-hydrogen) atoms. The molecule has 0 heterocycles. The fourth-order valence-electron chi connectivity index (χ4n) is 1.55. The number of nitro benzene ring substituents is 1. The summed E-state index contributed by atoms with van der Waals surface area (Å²) in [6.07, 6.45) is 0. The molecule has 0 aliphatic heterocycles. The third-order valence-electron chi connectivity index (χ3n) is 2.45. The maximum absolute atomic E-state index is 13.4. The zero-order chi connectivity index (χ0) is 14.0. The SMILES string of the molecule is Nc1cc(Nc2cccc(F)c2F)ccc1[N+](=O)[O-]. The van der Waals surface area contributed by atoms with Gasteiger partial charge in [-0.2, -0.15) is 0 Å². The predicted octanol–water partition coefficient (Wildman–Crippen LogP) is 3.20. The van der Waals surface area contributed by atoms with Crippen LogP contribution in [0.25, 0.3) is 0 Å². The van der Waals surface area contributed by atoms with Gasteiger partial charge in [0.05, 0.1) is 10.6 Å². The molecule has 7 heteroatoms. The van der Waals surface area contributed by atoms with Gasteiger partial charge >= 0.3 is 0 Å². The summed E-state index contributed by atoms with van der Waals surface area (Å²) in [5.74, 6) is -2.01. The molecule has 0 atom stereocenters. The molecule has 0 fully saturated rings. The lowest BCUT2D eigenvalue weighted by atomic mass is 10.2. The number of rotatable bonds is 3. The highest BCUT2D eigenvalue weighted by atomic mass is 19.2. The Morgan fingerprint density at radius 3 is 2.58 bits per heavy atom. The van der Waals surface area contributed by atoms with E-state index in [0.717, 1.165) is 6.07 Å². The van der Waals surface area contributed by atoms with E-state index in [4.69, 9.17) is 5.73 Å². The molecule has 3 N–H and O–H groups in total. The summed E-state index contributed by atoms with van der Waals surface area (Å²) >= 11 is 0. The van der Waals surface area contributed by atoms with Gasteiger partial charge in [-0.1, -0.05) is 6.07 Å². The minimum Gasteiger partial charge on any atom is -0.393 e. The highest BCUT2D eigenvalue weighted by Gasteiger charge is 2.12. The molecule has 0 spiro atoms. The number of anilines is 3. The Bertz CT molecular complexity index is 647. The second kappa shape index (κ2) is 4.89. The molecule has 2 rings (SSSR count). The first kappa shape index (κ1) is 12.7. The van der Waals surface area contributed by atoms with Crippen molar-refractivity contribution >= 4 is 22.7 Å². The maximum atomic E-state index is 13.4. The van der Waals surface area contributed by atoms with Gasteiger partial charge in [-0.15, -0.1) is 0 Å². The molecule has 0 aliphatic carbocycles. The number of nitrogens with one attached hydrogen (secondary N) is 1. The summed E-state index contributed by atoms with van der Waals surface area (Å²) in [6, 6.07) is 7.51. The fourth-order valence-corrected chi connectivity index (χ4v) is 1.55. The first-order chi connectivity index (χ1) is 8.99. The topological polar surface area (TPSA) is 81.2 Å². The smallest absolute Gasteiger partial charge is 0.292 e. The average Bonchev–Trinajstić information content (AvgIpc) is 2.34. The lowest BCUT2D eigenvalue weighted by molar-refractivity contribution is -0.383. The zero-order valence-corrected chi connectivity index (χ0v) is 9.56. The molecule has 0 amide bonds. The van der Waals surface area contributed by atoms with E-state index in [1.54, 1.807) is 0 Å². The van der Waals surface area contributed by atoms with Crippen LogP contribution < -0.4 is 11.1 Å². The Morgan fingerprint density at radius 1 is 1.21 bits per heavy atom. The summed E-state index contributed by atoms with van der Waals surface area (Å²) < 4.78 is 26.4. The van der Waals surface area contributed by atoms with Gasteiger partial charge in [-0.25, -0.2) is 8.78 Å². The van der Waals surface area contributed by atoms with Crippen LogP contribution in [0.4, 0.5) is 31.5 Å². The minimum atomic E-state index is -1.03. The van der Waals surface area contributed by atoms with E-state index >= 15 is 0 Å². The average molecular weight is 265 g/mol. The van der Waals surface area contributed by atoms with Crippen LogP contribution in [0, 0.1) is 21.7 Å². The summed E-state index contributed by atoms with van der Waals surface area (Å²) in [4.78, 5) is 9.96. The first-order valence-corrected chi connectivity index (χ1v) is 5.24. The van der Waals surface area contributed by atoms with Crippen LogP contribution in [-0.2, 0) is 0 Å². The summed E-state index contributed by atoms with van der Waals surface area (Å²) in [5, 5.41) is 13.2. The summed E-state index contributed by atoms with van der Waals surface area (Å²) in [6.45, 7) is 0. The number of nitrogens with zero attached hydrogens (tertiary/aromatic N) is 1. The van der Waals surface area contributed by atoms with E-state index < -0.39 is 16.6 Å². The predicted molar refractivity (Wildman–Crippen MR) is 67.1 cm³/mol. The second-order valence-electron chi connectivity index (χ2n) is 3.76.